The predicted molar refractivity (Wildman–Crippen MR) is 77.6 cm³/mol. The maximum Gasteiger partial charge on any atom is 0.284 e. The third-order valence-corrected chi connectivity index (χ3v) is 4.52. The van der Waals surface area contributed by atoms with Crippen molar-refractivity contribution in [2.45, 2.75) is 39.5 Å². The highest BCUT2D eigenvalue weighted by molar-refractivity contribution is 7.17. The van der Waals surface area contributed by atoms with Crippen molar-refractivity contribution in [2.24, 2.45) is 5.92 Å². The molecule has 19 heavy (non-hydrogen) atoms. The average Bonchev–Trinajstić information content (AvgIpc) is 2.75. The Kier molecular flexibility index (Phi) is 5.13. The molecule has 1 aliphatic rings. The number of aromatic nitrogens is 2. The summed E-state index contributed by atoms with van der Waals surface area (Å²) in [5, 5.41) is 12.3. The van der Waals surface area contributed by atoms with E-state index in [-0.39, 0.29) is 5.91 Å². The van der Waals surface area contributed by atoms with Gasteiger partial charge >= 0.3 is 0 Å². The molecule has 1 unspecified atom stereocenters. The maximum atomic E-state index is 12.4. The second-order valence-electron chi connectivity index (χ2n) is 4.94. The molecule has 0 aromatic carbocycles. The van der Waals surface area contributed by atoms with Crippen molar-refractivity contribution < 1.29 is 4.79 Å². The summed E-state index contributed by atoms with van der Waals surface area (Å²) in [5.41, 5.74) is 0. The quantitative estimate of drug-likeness (QED) is 0.922. The van der Waals surface area contributed by atoms with Gasteiger partial charge in [-0.3, -0.25) is 4.79 Å². The molecule has 2 heterocycles. The number of carbonyl (C=O) groups is 1. The van der Waals surface area contributed by atoms with Crippen LogP contribution in [-0.2, 0) is 0 Å². The normalized spacial score (nSPS) is 20.1. The van der Waals surface area contributed by atoms with Crippen LogP contribution in [0.15, 0.2) is 0 Å². The first-order chi connectivity index (χ1) is 9.24. The molecule has 5 nitrogen and oxygen atoms in total. The molecule has 1 aliphatic heterocycles. The number of hydrogen-bond acceptors (Lipinski definition) is 5. The lowest BCUT2D eigenvalue weighted by Gasteiger charge is -2.18. The van der Waals surface area contributed by atoms with E-state index in [4.69, 9.17) is 0 Å². The standard InChI is InChI=1S/C13H22N4OS/c1-3-10-6-5-8-17(9-7-10)12(18)11-15-16-13(19-11)14-4-2/h10H,3-9H2,1-2H3,(H,14,16). The monoisotopic (exact) mass is 282 g/mol. The Hall–Kier alpha value is -1.17. The molecular formula is C13H22N4OS. The van der Waals surface area contributed by atoms with Gasteiger partial charge in [-0.25, -0.2) is 0 Å². The van der Waals surface area contributed by atoms with Crippen molar-refractivity contribution in [1.29, 1.82) is 0 Å². The molecule has 1 amide bonds. The lowest BCUT2D eigenvalue weighted by Crippen LogP contribution is -2.31. The van der Waals surface area contributed by atoms with Crippen molar-refractivity contribution in [3.8, 4) is 0 Å². The lowest BCUT2D eigenvalue weighted by atomic mass is 9.98. The van der Waals surface area contributed by atoms with Gasteiger partial charge in [0.25, 0.3) is 5.91 Å². The Morgan fingerprint density at radius 2 is 2.21 bits per heavy atom. The van der Waals surface area contributed by atoms with Crippen LogP contribution in [0.4, 0.5) is 5.13 Å². The topological polar surface area (TPSA) is 58.1 Å². The molecule has 0 radical (unpaired) electrons. The van der Waals surface area contributed by atoms with Gasteiger partial charge in [-0.05, 0) is 32.1 Å². The van der Waals surface area contributed by atoms with E-state index in [1.807, 2.05) is 11.8 Å². The Balaban J connectivity index is 1.98. The summed E-state index contributed by atoms with van der Waals surface area (Å²) in [7, 11) is 0. The number of nitrogens with one attached hydrogen (secondary N) is 1. The van der Waals surface area contributed by atoms with Crippen molar-refractivity contribution >= 4 is 22.4 Å². The van der Waals surface area contributed by atoms with Crippen molar-refractivity contribution in [2.75, 3.05) is 25.0 Å². The lowest BCUT2D eigenvalue weighted by molar-refractivity contribution is 0.0758. The van der Waals surface area contributed by atoms with Gasteiger partial charge in [0.05, 0.1) is 0 Å². The summed E-state index contributed by atoms with van der Waals surface area (Å²) in [6, 6.07) is 0. The van der Waals surface area contributed by atoms with Gasteiger partial charge in [-0.1, -0.05) is 24.7 Å². The van der Waals surface area contributed by atoms with Crippen LogP contribution < -0.4 is 5.32 Å². The molecule has 1 atom stereocenters. The van der Waals surface area contributed by atoms with Crippen molar-refractivity contribution in [3.05, 3.63) is 5.01 Å². The van der Waals surface area contributed by atoms with Crippen molar-refractivity contribution in [1.82, 2.24) is 15.1 Å². The SMILES string of the molecule is CCNc1nnc(C(=O)N2CCCC(CC)CC2)s1. The molecule has 2 rings (SSSR count). The molecule has 0 saturated carbocycles. The van der Waals surface area contributed by atoms with E-state index in [0.29, 0.717) is 5.01 Å². The third kappa shape index (κ3) is 3.65. The van der Waals surface area contributed by atoms with Gasteiger partial charge in [-0.15, -0.1) is 10.2 Å². The molecule has 1 saturated heterocycles. The van der Waals surface area contributed by atoms with Crippen LogP contribution in [0.3, 0.4) is 0 Å². The fraction of sp³-hybridized carbons (Fsp3) is 0.769. The summed E-state index contributed by atoms with van der Waals surface area (Å²) in [4.78, 5) is 14.3. The number of carbonyl (C=O) groups excluding carboxylic acids is 1. The highest BCUT2D eigenvalue weighted by Crippen LogP contribution is 2.23. The van der Waals surface area contributed by atoms with Gasteiger partial charge in [0.2, 0.25) is 10.1 Å². The van der Waals surface area contributed by atoms with Crippen LogP contribution in [0.5, 0.6) is 0 Å². The van der Waals surface area contributed by atoms with Crippen LogP contribution in [0, 0.1) is 5.92 Å². The van der Waals surface area contributed by atoms with Crippen LogP contribution >= 0.6 is 11.3 Å². The Labute approximate surface area is 118 Å². The summed E-state index contributed by atoms with van der Waals surface area (Å²) in [5.74, 6) is 0.808. The zero-order valence-electron chi connectivity index (χ0n) is 11.7. The largest absolute Gasteiger partial charge is 0.360 e. The summed E-state index contributed by atoms with van der Waals surface area (Å²) >= 11 is 1.35. The second kappa shape index (κ2) is 6.84. The van der Waals surface area contributed by atoms with Gasteiger partial charge in [0.1, 0.15) is 0 Å². The summed E-state index contributed by atoms with van der Waals surface area (Å²) in [6.07, 6.45) is 4.66. The molecule has 6 heteroatoms. The van der Waals surface area contributed by atoms with Crippen molar-refractivity contribution in [3.63, 3.8) is 0 Å². The summed E-state index contributed by atoms with van der Waals surface area (Å²) < 4.78 is 0. The molecule has 106 valence electrons. The molecule has 0 spiro atoms. The molecule has 0 aliphatic carbocycles. The number of anilines is 1. The first-order valence-electron chi connectivity index (χ1n) is 7.11. The van der Waals surface area contributed by atoms with Gasteiger partial charge in [0, 0.05) is 19.6 Å². The first kappa shape index (κ1) is 14.2. The van der Waals surface area contributed by atoms with E-state index >= 15 is 0 Å². The van der Waals surface area contributed by atoms with E-state index in [1.165, 1.54) is 24.2 Å². The van der Waals surface area contributed by atoms with Gasteiger partial charge < -0.3 is 10.2 Å². The minimum Gasteiger partial charge on any atom is -0.360 e. The highest BCUT2D eigenvalue weighted by atomic mass is 32.1. The Morgan fingerprint density at radius 1 is 1.37 bits per heavy atom. The fourth-order valence-corrected chi connectivity index (χ4v) is 3.22. The molecule has 1 N–H and O–H groups in total. The Morgan fingerprint density at radius 3 is 2.95 bits per heavy atom. The van der Waals surface area contributed by atoms with Gasteiger partial charge in [0.15, 0.2) is 0 Å². The zero-order chi connectivity index (χ0) is 13.7. The number of likely N-dealkylation sites (tertiary alicyclic amines) is 1. The fourth-order valence-electron chi connectivity index (χ4n) is 2.44. The highest BCUT2D eigenvalue weighted by Gasteiger charge is 2.23. The molecular weight excluding hydrogens is 260 g/mol. The molecule has 1 aromatic heterocycles. The van der Waals surface area contributed by atoms with E-state index in [2.05, 4.69) is 22.4 Å². The summed E-state index contributed by atoms with van der Waals surface area (Å²) in [6.45, 7) is 6.74. The average molecular weight is 282 g/mol. The van der Waals surface area contributed by atoms with Gasteiger partial charge in [-0.2, -0.15) is 0 Å². The minimum absolute atomic E-state index is 0.0402. The third-order valence-electron chi connectivity index (χ3n) is 3.65. The number of nitrogens with zero attached hydrogens (tertiary/aromatic N) is 3. The zero-order valence-corrected chi connectivity index (χ0v) is 12.5. The molecule has 1 aromatic rings. The van der Waals surface area contributed by atoms with E-state index in [9.17, 15) is 4.79 Å². The van der Waals surface area contributed by atoms with Crippen LogP contribution in [0.1, 0.15) is 49.3 Å². The van der Waals surface area contributed by atoms with Crippen LogP contribution in [-0.4, -0.2) is 40.6 Å². The number of rotatable bonds is 4. The predicted octanol–water partition coefficient (Wildman–Crippen LogP) is 2.62. The van der Waals surface area contributed by atoms with E-state index in [0.717, 1.165) is 43.5 Å². The van der Waals surface area contributed by atoms with Crippen LogP contribution in [0.2, 0.25) is 0 Å². The van der Waals surface area contributed by atoms with Crippen LogP contribution in [0.25, 0.3) is 0 Å². The Bertz CT molecular complexity index is 421. The smallest absolute Gasteiger partial charge is 0.284 e. The minimum atomic E-state index is 0.0402. The van der Waals surface area contributed by atoms with E-state index < -0.39 is 0 Å². The number of amides is 1. The first-order valence-corrected chi connectivity index (χ1v) is 7.92. The molecule has 1 fully saturated rings. The molecule has 0 bridgehead atoms. The van der Waals surface area contributed by atoms with E-state index in [1.54, 1.807) is 0 Å². The second-order valence-corrected chi connectivity index (χ2v) is 5.92. The maximum absolute atomic E-state index is 12.4. The number of hydrogen-bond donors (Lipinski definition) is 1.